The van der Waals surface area contributed by atoms with E-state index in [1.807, 2.05) is 18.3 Å². The van der Waals surface area contributed by atoms with Crippen molar-refractivity contribution in [2.75, 3.05) is 31.2 Å². The summed E-state index contributed by atoms with van der Waals surface area (Å²) in [5.41, 5.74) is 0.632. The molecule has 0 N–H and O–H groups in total. The normalized spacial score (nSPS) is 21.5. The molecule has 2 aliphatic heterocycles. The molecular formula is C14H13ClN2O2S2. The highest BCUT2D eigenvalue weighted by Crippen LogP contribution is 2.37. The summed E-state index contributed by atoms with van der Waals surface area (Å²) in [4.78, 5) is 16.8. The monoisotopic (exact) mass is 340 g/mol. The zero-order valence-electron chi connectivity index (χ0n) is 11.1. The molecule has 0 aromatic heterocycles. The predicted octanol–water partition coefficient (Wildman–Crippen LogP) is 2.88. The van der Waals surface area contributed by atoms with Crippen LogP contribution in [0.3, 0.4) is 0 Å². The number of ether oxygens (including phenoxy) is 1. The van der Waals surface area contributed by atoms with Gasteiger partial charge in [0.15, 0.2) is 4.32 Å². The fourth-order valence-corrected chi connectivity index (χ4v) is 3.68. The lowest BCUT2D eigenvalue weighted by atomic mass is 10.3. The number of hydrogen-bond donors (Lipinski definition) is 0. The highest BCUT2D eigenvalue weighted by atomic mass is 35.5. The lowest BCUT2D eigenvalue weighted by molar-refractivity contribution is -0.113. The molecule has 2 fully saturated rings. The fraction of sp³-hybridized carbons (Fsp3) is 0.286. The Hall–Kier alpha value is -1.08. The number of amides is 1. The van der Waals surface area contributed by atoms with Crippen LogP contribution in [-0.4, -0.2) is 41.4 Å². The molecule has 3 rings (SSSR count). The summed E-state index contributed by atoms with van der Waals surface area (Å²) < 4.78 is 5.81. The maximum Gasteiger partial charge on any atom is 0.272 e. The molecule has 0 bridgehead atoms. The van der Waals surface area contributed by atoms with Crippen LogP contribution in [-0.2, 0) is 9.53 Å². The van der Waals surface area contributed by atoms with E-state index in [-0.39, 0.29) is 5.91 Å². The molecule has 110 valence electrons. The summed E-state index contributed by atoms with van der Waals surface area (Å²) in [6, 6.07) is 7.21. The number of thiocarbonyl (C=S) groups is 1. The summed E-state index contributed by atoms with van der Waals surface area (Å²) in [6.45, 7) is 2.94. The number of morpholine rings is 1. The summed E-state index contributed by atoms with van der Waals surface area (Å²) in [6.07, 6.45) is 1.87. The lowest BCUT2D eigenvalue weighted by Crippen LogP contribution is -2.33. The number of thioether (sulfide) groups is 1. The van der Waals surface area contributed by atoms with Gasteiger partial charge in [-0.3, -0.25) is 9.69 Å². The average molecular weight is 341 g/mol. The van der Waals surface area contributed by atoms with E-state index in [9.17, 15) is 4.79 Å². The van der Waals surface area contributed by atoms with Crippen LogP contribution in [0.1, 0.15) is 0 Å². The van der Waals surface area contributed by atoms with E-state index < -0.39 is 0 Å². The van der Waals surface area contributed by atoms with Gasteiger partial charge in [0, 0.05) is 19.3 Å². The molecule has 0 unspecified atom stereocenters. The Kier molecular flexibility index (Phi) is 4.49. The Morgan fingerprint density at radius 1 is 1.29 bits per heavy atom. The molecule has 0 aliphatic carbocycles. The van der Waals surface area contributed by atoms with Gasteiger partial charge < -0.3 is 9.64 Å². The minimum absolute atomic E-state index is 0.121. The number of anilines is 1. The topological polar surface area (TPSA) is 32.8 Å². The Bertz CT molecular complexity index is 615. The van der Waals surface area contributed by atoms with E-state index in [0.29, 0.717) is 33.1 Å². The van der Waals surface area contributed by atoms with Crippen LogP contribution >= 0.6 is 35.6 Å². The molecule has 1 aromatic carbocycles. The second kappa shape index (κ2) is 6.36. The molecule has 2 saturated heterocycles. The van der Waals surface area contributed by atoms with E-state index in [2.05, 4.69) is 4.90 Å². The Morgan fingerprint density at radius 3 is 2.71 bits per heavy atom. The van der Waals surface area contributed by atoms with Crippen LogP contribution in [0.2, 0.25) is 5.02 Å². The molecule has 0 spiro atoms. The van der Waals surface area contributed by atoms with Crippen LogP contribution < -0.4 is 4.90 Å². The van der Waals surface area contributed by atoms with Gasteiger partial charge in [0.05, 0.1) is 28.8 Å². The maximum atomic E-state index is 12.6. The van der Waals surface area contributed by atoms with Gasteiger partial charge in [0.25, 0.3) is 5.91 Å². The quantitative estimate of drug-likeness (QED) is 0.610. The number of halogens is 1. The number of nitrogens with zero attached hydrogens (tertiary/aromatic N) is 2. The van der Waals surface area contributed by atoms with Gasteiger partial charge in [-0.05, 0) is 12.1 Å². The fourth-order valence-electron chi connectivity index (χ4n) is 2.17. The minimum atomic E-state index is -0.121. The van der Waals surface area contributed by atoms with Gasteiger partial charge >= 0.3 is 0 Å². The highest BCUT2D eigenvalue weighted by Gasteiger charge is 2.34. The standard InChI is InChI=1S/C14H13ClN2O2S2/c15-10-3-1-2-4-11(10)17-13(18)12(21-14(17)20)9-16-5-7-19-8-6-16/h1-4,9H,5-8H2. The van der Waals surface area contributed by atoms with Gasteiger partial charge in [-0.2, -0.15) is 0 Å². The second-order valence-electron chi connectivity index (χ2n) is 4.60. The Balaban J connectivity index is 1.85. The molecule has 1 amide bonds. The first-order chi connectivity index (χ1) is 10.2. The van der Waals surface area contributed by atoms with Crippen molar-refractivity contribution in [3.05, 3.63) is 40.4 Å². The molecule has 0 saturated carbocycles. The van der Waals surface area contributed by atoms with E-state index >= 15 is 0 Å². The van der Waals surface area contributed by atoms with Crippen LogP contribution in [0.4, 0.5) is 5.69 Å². The number of hydrogen-bond acceptors (Lipinski definition) is 5. The first-order valence-corrected chi connectivity index (χ1v) is 8.11. The molecule has 0 atom stereocenters. The summed E-state index contributed by atoms with van der Waals surface area (Å²) in [5, 5.41) is 0.515. The number of benzene rings is 1. The smallest absolute Gasteiger partial charge is 0.272 e. The third kappa shape index (κ3) is 3.08. The summed E-state index contributed by atoms with van der Waals surface area (Å²) in [7, 11) is 0. The number of carbonyl (C=O) groups excluding carboxylic acids is 1. The molecule has 2 aliphatic rings. The lowest BCUT2D eigenvalue weighted by Gasteiger charge is -2.25. The largest absolute Gasteiger partial charge is 0.378 e. The van der Waals surface area contributed by atoms with E-state index in [0.717, 1.165) is 13.1 Å². The molecule has 21 heavy (non-hydrogen) atoms. The van der Waals surface area contributed by atoms with Crippen LogP contribution in [0.5, 0.6) is 0 Å². The van der Waals surface area contributed by atoms with Crippen molar-refractivity contribution in [1.82, 2.24) is 4.90 Å². The molecule has 0 radical (unpaired) electrons. The zero-order valence-corrected chi connectivity index (χ0v) is 13.5. The van der Waals surface area contributed by atoms with Crippen LogP contribution in [0, 0.1) is 0 Å². The van der Waals surface area contributed by atoms with Crippen molar-refractivity contribution in [3.8, 4) is 0 Å². The van der Waals surface area contributed by atoms with Gasteiger partial charge in [-0.1, -0.05) is 47.7 Å². The third-order valence-electron chi connectivity index (χ3n) is 3.23. The van der Waals surface area contributed by atoms with E-state index in [1.165, 1.54) is 16.7 Å². The SMILES string of the molecule is O=C1C(=CN2CCOCC2)SC(=S)N1c1ccccc1Cl. The highest BCUT2D eigenvalue weighted by molar-refractivity contribution is 8.27. The first-order valence-electron chi connectivity index (χ1n) is 6.51. The van der Waals surface area contributed by atoms with Gasteiger partial charge in [-0.15, -0.1) is 0 Å². The summed E-state index contributed by atoms with van der Waals surface area (Å²) >= 11 is 12.8. The number of rotatable bonds is 2. The number of carbonyl (C=O) groups is 1. The first kappa shape index (κ1) is 14.8. The number of para-hydroxylation sites is 1. The molecule has 1 aromatic rings. The van der Waals surface area contributed by atoms with Crippen molar-refractivity contribution < 1.29 is 9.53 Å². The van der Waals surface area contributed by atoms with Crippen LogP contribution in [0.25, 0.3) is 0 Å². The van der Waals surface area contributed by atoms with Crippen molar-refractivity contribution in [3.63, 3.8) is 0 Å². The average Bonchev–Trinajstić information content (AvgIpc) is 2.76. The van der Waals surface area contributed by atoms with Gasteiger partial charge in [0.2, 0.25) is 0 Å². The molecular weight excluding hydrogens is 328 g/mol. The van der Waals surface area contributed by atoms with E-state index in [4.69, 9.17) is 28.6 Å². The van der Waals surface area contributed by atoms with Crippen molar-refractivity contribution in [2.24, 2.45) is 0 Å². The minimum Gasteiger partial charge on any atom is -0.378 e. The van der Waals surface area contributed by atoms with Crippen molar-refractivity contribution in [2.45, 2.75) is 0 Å². The molecule has 4 nitrogen and oxygen atoms in total. The second-order valence-corrected chi connectivity index (χ2v) is 6.68. The van der Waals surface area contributed by atoms with E-state index in [1.54, 1.807) is 12.1 Å². The molecule has 7 heteroatoms. The Labute approximate surface area is 137 Å². The Morgan fingerprint density at radius 2 is 2.00 bits per heavy atom. The van der Waals surface area contributed by atoms with Gasteiger partial charge in [-0.25, -0.2) is 0 Å². The van der Waals surface area contributed by atoms with Crippen molar-refractivity contribution in [1.29, 1.82) is 0 Å². The van der Waals surface area contributed by atoms with Crippen molar-refractivity contribution >= 4 is 51.5 Å². The summed E-state index contributed by atoms with van der Waals surface area (Å²) in [5.74, 6) is -0.121. The third-order valence-corrected chi connectivity index (χ3v) is 4.84. The van der Waals surface area contributed by atoms with Crippen LogP contribution in [0.15, 0.2) is 35.4 Å². The van der Waals surface area contributed by atoms with Gasteiger partial charge in [0.1, 0.15) is 0 Å². The predicted molar refractivity (Wildman–Crippen MR) is 89.6 cm³/mol. The molecule has 2 heterocycles. The zero-order chi connectivity index (χ0) is 14.8. The maximum absolute atomic E-state index is 12.6.